The van der Waals surface area contributed by atoms with Crippen molar-refractivity contribution >= 4 is 26.6 Å². The highest BCUT2D eigenvalue weighted by molar-refractivity contribution is 7.80. The lowest BCUT2D eigenvalue weighted by atomic mass is 9.80. The Morgan fingerprint density at radius 2 is 1.45 bits per heavy atom. The molecule has 3 nitrogen and oxygen atoms in total. The lowest BCUT2D eigenvalue weighted by molar-refractivity contribution is 0.131. The molecule has 0 aromatic heterocycles. The zero-order chi connectivity index (χ0) is 21.9. The molecule has 0 heterocycles. The largest absolute Gasteiger partial charge is 0.602 e. The molecule has 160 valence electrons. The van der Waals surface area contributed by atoms with E-state index < -0.39 is 8.80 Å². The summed E-state index contributed by atoms with van der Waals surface area (Å²) in [6.45, 7) is 18.3. The molecular weight excluding hydrogens is 396 g/mol. The van der Waals surface area contributed by atoms with E-state index in [1.54, 1.807) is 0 Å². The van der Waals surface area contributed by atoms with Crippen molar-refractivity contribution in [1.82, 2.24) is 0 Å². The smallest absolute Gasteiger partial charge is 0.497 e. The summed E-state index contributed by atoms with van der Waals surface area (Å²) in [5.41, 5.74) is 2.42. The van der Waals surface area contributed by atoms with Gasteiger partial charge in [-0.15, -0.1) is 12.6 Å². The molecule has 0 aliphatic carbocycles. The Bertz CT molecular complexity index is 816. The van der Waals surface area contributed by atoms with Gasteiger partial charge in [0.25, 0.3) is 0 Å². The van der Waals surface area contributed by atoms with Crippen molar-refractivity contribution < 1.29 is 13.3 Å². The van der Waals surface area contributed by atoms with Crippen LogP contribution in [0, 0.1) is 0 Å². The summed E-state index contributed by atoms with van der Waals surface area (Å²) in [4.78, 5) is 0.863. The molecule has 0 spiro atoms. The second kappa shape index (κ2) is 9.25. The van der Waals surface area contributed by atoms with E-state index in [0.29, 0.717) is 13.2 Å². The Morgan fingerprint density at radius 3 is 1.93 bits per heavy atom. The maximum atomic E-state index is 6.71. The highest BCUT2D eigenvalue weighted by Gasteiger charge is 2.47. The molecule has 0 saturated heterocycles. The summed E-state index contributed by atoms with van der Waals surface area (Å²) in [5, 5.41) is 0.924. The summed E-state index contributed by atoms with van der Waals surface area (Å²) in [5.74, 6) is 0.823. The zero-order valence-electron chi connectivity index (χ0n) is 19.1. The molecule has 2 rings (SSSR count). The van der Waals surface area contributed by atoms with Gasteiger partial charge in [-0.2, -0.15) is 0 Å². The average molecular weight is 433 g/mol. The zero-order valence-corrected chi connectivity index (χ0v) is 21.0. The minimum atomic E-state index is -3.17. The molecule has 0 aliphatic heterocycles. The van der Waals surface area contributed by atoms with E-state index in [1.807, 2.05) is 38.1 Å². The van der Waals surface area contributed by atoms with E-state index in [9.17, 15) is 0 Å². The number of hydrogen-bond acceptors (Lipinski definition) is 4. The Morgan fingerprint density at radius 1 is 0.828 bits per heavy atom. The normalized spacial score (nSPS) is 12.9. The molecule has 0 radical (unpaired) electrons. The van der Waals surface area contributed by atoms with Gasteiger partial charge in [0.2, 0.25) is 0 Å². The molecule has 2 aromatic rings. The first-order valence-electron chi connectivity index (χ1n) is 10.3. The predicted molar refractivity (Wildman–Crippen MR) is 127 cm³/mol. The molecule has 0 N–H and O–H groups in total. The van der Waals surface area contributed by atoms with Crippen molar-refractivity contribution in [1.29, 1.82) is 0 Å². The molecule has 0 fully saturated rings. The molecule has 0 amide bonds. The third kappa shape index (κ3) is 5.88. The predicted octanol–water partition coefficient (Wildman–Crippen LogP) is 5.87. The Hall–Kier alpha value is -1.27. The van der Waals surface area contributed by atoms with Gasteiger partial charge in [0, 0.05) is 23.3 Å². The summed E-state index contributed by atoms with van der Waals surface area (Å²) >= 11 is 4.52. The van der Waals surface area contributed by atoms with Crippen molar-refractivity contribution in [3.05, 3.63) is 53.6 Å². The lowest BCUT2D eigenvalue weighted by Gasteiger charge is -2.33. The standard InChI is InChI=1S/C24H36O3SSi/c1-9-25-29(26-10-2,20-13-11-12-19(28)17-20)27-22-15-14-18(23(3,4)5)16-21(22)24(6,7)8/h11-17,28H,9-10H2,1-8H3. The van der Waals surface area contributed by atoms with Crippen LogP contribution in [0.25, 0.3) is 0 Å². The second-order valence-electron chi connectivity index (χ2n) is 9.29. The summed E-state index contributed by atoms with van der Waals surface area (Å²) < 4.78 is 19.2. The summed E-state index contributed by atoms with van der Waals surface area (Å²) in [6, 6.07) is 14.4. The molecule has 29 heavy (non-hydrogen) atoms. The van der Waals surface area contributed by atoms with E-state index in [0.717, 1.165) is 21.4 Å². The molecule has 5 heteroatoms. The third-order valence-corrected chi connectivity index (χ3v) is 7.89. The van der Waals surface area contributed by atoms with Crippen molar-refractivity contribution in [3.8, 4) is 5.75 Å². The topological polar surface area (TPSA) is 27.7 Å². The molecule has 0 atom stereocenters. The van der Waals surface area contributed by atoms with E-state index in [1.165, 1.54) is 5.56 Å². The van der Waals surface area contributed by atoms with E-state index in [2.05, 4.69) is 72.4 Å². The Labute approximate surface area is 183 Å². The van der Waals surface area contributed by atoms with Crippen molar-refractivity contribution in [2.45, 2.75) is 71.1 Å². The molecule has 2 aromatic carbocycles. The van der Waals surface area contributed by atoms with Crippen LogP contribution in [0.2, 0.25) is 0 Å². The van der Waals surface area contributed by atoms with Crippen molar-refractivity contribution in [2.24, 2.45) is 0 Å². The maximum Gasteiger partial charge on any atom is 0.602 e. The van der Waals surface area contributed by atoms with Crippen LogP contribution in [0.1, 0.15) is 66.5 Å². The monoisotopic (exact) mass is 432 g/mol. The minimum absolute atomic E-state index is 0.0627. The molecule has 0 saturated carbocycles. The maximum absolute atomic E-state index is 6.71. The van der Waals surface area contributed by atoms with Gasteiger partial charge >= 0.3 is 8.80 Å². The van der Waals surface area contributed by atoms with Gasteiger partial charge in [0.1, 0.15) is 5.75 Å². The van der Waals surface area contributed by atoms with Gasteiger partial charge in [0.05, 0.1) is 0 Å². The van der Waals surface area contributed by atoms with Gasteiger partial charge in [-0.3, -0.25) is 0 Å². The summed E-state index contributed by atoms with van der Waals surface area (Å²) in [7, 11) is -3.17. The highest BCUT2D eigenvalue weighted by atomic mass is 32.1. The van der Waals surface area contributed by atoms with Gasteiger partial charge in [0.15, 0.2) is 0 Å². The molecule has 0 unspecified atom stereocenters. The van der Waals surface area contributed by atoms with Crippen LogP contribution in [0.5, 0.6) is 5.75 Å². The second-order valence-corrected chi connectivity index (χ2v) is 12.3. The average Bonchev–Trinajstić information content (AvgIpc) is 2.60. The highest BCUT2D eigenvalue weighted by Crippen LogP contribution is 2.36. The van der Waals surface area contributed by atoms with Gasteiger partial charge in [-0.1, -0.05) is 65.8 Å². The van der Waals surface area contributed by atoms with Crippen LogP contribution in [0.4, 0.5) is 0 Å². The quantitative estimate of drug-likeness (QED) is 0.438. The van der Waals surface area contributed by atoms with Crippen LogP contribution >= 0.6 is 12.6 Å². The third-order valence-electron chi connectivity index (χ3n) is 4.77. The van der Waals surface area contributed by atoms with E-state index in [4.69, 9.17) is 13.3 Å². The van der Waals surface area contributed by atoms with Gasteiger partial charge in [-0.25, -0.2) is 0 Å². The number of hydrogen-bond donors (Lipinski definition) is 1. The first kappa shape index (κ1) is 24.0. The lowest BCUT2D eigenvalue weighted by Crippen LogP contribution is -2.59. The molecule has 0 aliphatic rings. The fraction of sp³-hybridized carbons (Fsp3) is 0.500. The van der Waals surface area contributed by atoms with Crippen LogP contribution in [-0.2, 0) is 19.7 Å². The minimum Gasteiger partial charge on any atom is -0.497 e. The van der Waals surface area contributed by atoms with Crippen LogP contribution < -0.4 is 9.61 Å². The van der Waals surface area contributed by atoms with E-state index in [-0.39, 0.29) is 10.8 Å². The van der Waals surface area contributed by atoms with Crippen LogP contribution in [-0.4, -0.2) is 22.0 Å². The fourth-order valence-corrected chi connectivity index (χ4v) is 6.08. The Kier molecular flexibility index (Phi) is 7.66. The first-order valence-corrected chi connectivity index (χ1v) is 12.5. The van der Waals surface area contributed by atoms with Crippen LogP contribution in [0.3, 0.4) is 0 Å². The molecule has 0 bridgehead atoms. The SMILES string of the molecule is CCO[Si](OCC)(Oc1ccc(C(C)(C)C)cc1C(C)(C)C)c1cccc(S)c1. The summed E-state index contributed by atoms with van der Waals surface area (Å²) in [6.07, 6.45) is 0. The van der Waals surface area contributed by atoms with Gasteiger partial charge < -0.3 is 13.3 Å². The van der Waals surface area contributed by atoms with Crippen molar-refractivity contribution in [3.63, 3.8) is 0 Å². The number of rotatable bonds is 7. The Balaban J connectivity index is 2.64. The van der Waals surface area contributed by atoms with Crippen molar-refractivity contribution in [2.75, 3.05) is 13.2 Å². The van der Waals surface area contributed by atoms with Crippen LogP contribution in [0.15, 0.2) is 47.4 Å². The van der Waals surface area contributed by atoms with E-state index >= 15 is 0 Å². The fourth-order valence-electron chi connectivity index (χ4n) is 3.22. The number of benzene rings is 2. The van der Waals surface area contributed by atoms with Gasteiger partial charge in [-0.05, 0) is 54.0 Å². The molecular formula is C24H36O3SSi. The number of thiol groups is 1. The first-order chi connectivity index (χ1) is 13.4.